The van der Waals surface area contributed by atoms with E-state index in [1.807, 2.05) is 0 Å². The minimum absolute atomic E-state index is 0.134. The monoisotopic (exact) mass is 481 g/mol. The van der Waals surface area contributed by atoms with Gasteiger partial charge >= 0.3 is 6.03 Å². The Morgan fingerprint density at radius 2 is 1.79 bits per heavy atom. The zero-order chi connectivity index (χ0) is 25.7. The number of imide groups is 1. The Morgan fingerprint density at radius 1 is 1.09 bits per heavy atom. The number of carbonyl (C=O) groups is 6. The fraction of sp³-hybridized carbons (Fsp3) is 0.739. The summed E-state index contributed by atoms with van der Waals surface area (Å²) >= 11 is 0. The molecule has 11 heteroatoms. The average molecular weight is 482 g/mol. The fourth-order valence-electron chi connectivity index (χ4n) is 3.66. The van der Waals surface area contributed by atoms with Crippen molar-refractivity contribution in [1.29, 1.82) is 0 Å². The molecule has 1 aliphatic heterocycles. The quantitative estimate of drug-likeness (QED) is 0.152. The van der Waals surface area contributed by atoms with E-state index in [0.29, 0.717) is 51.5 Å². The standard InChI is InChI=1S/C23H39N5O6/c1-15(2)20(21(32)26-17(14-29)9-8-11-25-23(34)24-4)27-18(30)10-6-5-7-12-28-19(31)13-16(3)22(28)33/h14-17,20H,5-13H2,1-4H3,(H,26,32)(H,27,30)(H2,24,25,34)/t16?,17-,20?/m0/s1. The third kappa shape index (κ3) is 9.88. The summed E-state index contributed by atoms with van der Waals surface area (Å²) in [6.07, 6.45) is 3.86. The van der Waals surface area contributed by atoms with Crippen molar-refractivity contribution in [3.8, 4) is 0 Å². The maximum atomic E-state index is 12.7. The minimum atomic E-state index is -0.778. The third-order valence-electron chi connectivity index (χ3n) is 5.72. The molecule has 0 spiro atoms. The first-order chi connectivity index (χ1) is 16.1. The van der Waals surface area contributed by atoms with Gasteiger partial charge in [0.1, 0.15) is 12.3 Å². The van der Waals surface area contributed by atoms with E-state index < -0.39 is 18.0 Å². The molecule has 192 valence electrons. The summed E-state index contributed by atoms with van der Waals surface area (Å²) in [5, 5.41) is 10.4. The van der Waals surface area contributed by atoms with Crippen LogP contribution in [0.25, 0.3) is 0 Å². The molecule has 1 saturated heterocycles. The highest BCUT2D eigenvalue weighted by atomic mass is 16.2. The van der Waals surface area contributed by atoms with Crippen LogP contribution in [0.1, 0.15) is 65.7 Å². The van der Waals surface area contributed by atoms with E-state index in [9.17, 15) is 28.8 Å². The van der Waals surface area contributed by atoms with Crippen LogP contribution >= 0.6 is 0 Å². The molecule has 0 aromatic rings. The van der Waals surface area contributed by atoms with Crippen LogP contribution in [0.3, 0.4) is 0 Å². The summed E-state index contributed by atoms with van der Waals surface area (Å²) < 4.78 is 0. The van der Waals surface area contributed by atoms with Gasteiger partial charge in [-0.25, -0.2) is 4.79 Å². The number of urea groups is 1. The number of unbranched alkanes of at least 4 members (excludes halogenated alkanes) is 2. The van der Waals surface area contributed by atoms with Crippen LogP contribution in [0, 0.1) is 11.8 Å². The van der Waals surface area contributed by atoms with Crippen molar-refractivity contribution in [1.82, 2.24) is 26.2 Å². The number of rotatable bonds is 15. The van der Waals surface area contributed by atoms with Crippen molar-refractivity contribution in [3.05, 3.63) is 0 Å². The summed E-state index contributed by atoms with van der Waals surface area (Å²) in [6, 6.07) is -1.81. The molecule has 6 amide bonds. The molecule has 4 N–H and O–H groups in total. The van der Waals surface area contributed by atoms with E-state index in [2.05, 4.69) is 21.3 Å². The molecular weight excluding hydrogens is 442 g/mol. The van der Waals surface area contributed by atoms with Gasteiger partial charge in [0.05, 0.1) is 6.04 Å². The number of aldehydes is 1. The molecule has 0 saturated carbocycles. The highest BCUT2D eigenvalue weighted by Gasteiger charge is 2.34. The van der Waals surface area contributed by atoms with Crippen LogP contribution in [-0.2, 0) is 24.0 Å². The second kappa shape index (κ2) is 15.0. The molecule has 3 atom stereocenters. The molecular formula is C23H39N5O6. The Labute approximate surface area is 201 Å². The van der Waals surface area contributed by atoms with Crippen LogP contribution in [0.4, 0.5) is 4.79 Å². The number of amides is 6. The Balaban J connectivity index is 2.37. The molecule has 0 radical (unpaired) electrons. The van der Waals surface area contributed by atoms with Gasteiger partial charge in [-0.2, -0.15) is 0 Å². The zero-order valence-electron chi connectivity index (χ0n) is 20.6. The van der Waals surface area contributed by atoms with E-state index in [1.165, 1.54) is 11.9 Å². The summed E-state index contributed by atoms with van der Waals surface area (Å²) in [5.41, 5.74) is 0. The molecule has 11 nitrogen and oxygen atoms in total. The highest BCUT2D eigenvalue weighted by molar-refractivity contribution is 6.03. The van der Waals surface area contributed by atoms with E-state index in [4.69, 9.17) is 0 Å². The van der Waals surface area contributed by atoms with E-state index in [-0.39, 0.29) is 48.4 Å². The highest BCUT2D eigenvalue weighted by Crippen LogP contribution is 2.19. The predicted octanol–water partition coefficient (Wildman–Crippen LogP) is 0.476. The van der Waals surface area contributed by atoms with E-state index in [1.54, 1.807) is 20.8 Å². The van der Waals surface area contributed by atoms with Gasteiger partial charge in [0, 0.05) is 38.9 Å². The lowest BCUT2D eigenvalue weighted by molar-refractivity contribution is -0.139. The van der Waals surface area contributed by atoms with Gasteiger partial charge in [-0.3, -0.25) is 24.1 Å². The van der Waals surface area contributed by atoms with Crippen LogP contribution in [-0.4, -0.2) is 73.1 Å². The second-order valence-electron chi connectivity index (χ2n) is 8.99. The first kappa shape index (κ1) is 29.1. The number of hydrogen-bond acceptors (Lipinski definition) is 6. The van der Waals surface area contributed by atoms with Gasteiger partial charge in [-0.1, -0.05) is 27.2 Å². The molecule has 1 heterocycles. The van der Waals surface area contributed by atoms with Crippen molar-refractivity contribution >= 4 is 35.9 Å². The third-order valence-corrected chi connectivity index (χ3v) is 5.72. The molecule has 1 aliphatic rings. The summed E-state index contributed by atoms with van der Waals surface area (Å²) in [4.78, 5) is 72.5. The Kier molecular flexibility index (Phi) is 12.8. The Bertz CT molecular complexity index is 741. The SMILES string of the molecule is CNC(=O)NCCC[C@@H](C=O)NC(=O)C(NC(=O)CCCCCN1C(=O)CC(C)C1=O)C(C)C. The van der Waals surface area contributed by atoms with Crippen LogP contribution in [0.5, 0.6) is 0 Å². The fourth-order valence-corrected chi connectivity index (χ4v) is 3.66. The van der Waals surface area contributed by atoms with Gasteiger partial charge in [-0.05, 0) is 31.6 Å². The van der Waals surface area contributed by atoms with Crippen LogP contribution in [0.2, 0.25) is 0 Å². The number of nitrogens with zero attached hydrogens (tertiary/aromatic N) is 1. The van der Waals surface area contributed by atoms with Gasteiger partial charge in [-0.15, -0.1) is 0 Å². The molecule has 0 bridgehead atoms. The minimum Gasteiger partial charge on any atom is -0.345 e. The van der Waals surface area contributed by atoms with E-state index in [0.717, 1.165) is 0 Å². The van der Waals surface area contributed by atoms with Crippen molar-refractivity contribution in [2.45, 2.75) is 77.8 Å². The number of nitrogens with one attached hydrogen (secondary N) is 4. The summed E-state index contributed by atoms with van der Waals surface area (Å²) in [7, 11) is 1.50. The topological polar surface area (TPSA) is 154 Å². The van der Waals surface area contributed by atoms with Gasteiger partial charge in [0.2, 0.25) is 23.6 Å². The first-order valence-corrected chi connectivity index (χ1v) is 12.0. The van der Waals surface area contributed by atoms with Crippen molar-refractivity contribution < 1.29 is 28.8 Å². The lowest BCUT2D eigenvalue weighted by Crippen LogP contribution is -2.52. The molecule has 0 aromatic carbocycles. The number of hydrogen-bond donors (Lipinski definition) is 4. The Hall–Kier alpha value is -2.98. The largest absolute Gasteiger partial charge is 0.345 e. The number of carbonyl (C=O) groups excluding carboxylic acids is 6. The smallest absolute Gasteiger partial charge is 0.314 e. The van der Waals surface area contributed by atoms with Gasteiger partial charge < -0.3 is 26.1 Å². The van der Waals surface area contributed by atoms with Crippen LogP contribution in [0.15, 0.2) is 0 Å². The molecule has 1 rings (SSSR count). The molecule has 2 unspecified atom stereocenters. The number of likely N-dealkylation sites (tertiary alicyclic amines) is 1. The Morgan fingerprint density at radius 3 is 2.35 bits per heavy atom. The zero-order valence-corrected chi connectivity index (χ0v) is 20.6. The lowest BCUT2D eigenvalue weighted by Gasteiger charge is -2.23. The predicted molar refractivity (Wildman–Crippen MR) is 125 cm³/mol. The molecule has 0 aliphatic carbocycles. The lowest BCUT2D eigenvalue weighted by atomic mass is 10.0. The molecule has 1 fully saturated rings. The van der Waals surface area contributed by atoms with Crippen molar-refractivity contribution in [2.75, 3.05) is 20.1 Å². The normalized spacial score (nSPS) is 17.3. The van der Waals surface area contributed by atoms with Crippen molar-refractivity contribution in [2.24, 2.45) is 11.8 Å². The maximum absolute atomic E-state index is 12.7. The summed E-state index contributed by atoms with van der Waals surface area (Å²) in [5.74, 6) is -1.41. The van der Waals surface area contributed by atoms with Crippen LogP contribution < -0.4 is 21.3 Å². The summed E-state index contributed by atoms with van der Waals surface area (Å²) in [6.45, 7) is 6.08. The van der Waals surface area contributed by atoms with Crippen molar-refractivity contribution in [3.63, 3.8) is 0 Å². The van der Waals surface area contributed by atoms with Gasteiger partial charge in [0.25, 0.3) is 0 Å². The first-order valence-electron chi connectivity index (χ1n) is 12.0. The van der Waals surface area contributed by atoms with E-state index >= 15 is 0 Å². The van der Waals surface area contributed by atoms with Gasteiger partial charge in [0.15, 0.2) is 0 Å². The molecule has 0 aromatic heterocycles. The second-order valence-corrected chi connectivity index (χ2v) is 8.99. The maximum Gasteiger partial charge on any atom is 0.314 e. The average Bonchev–Trinajstić information content (AvgIpc) is 3.04. The molecule has 34 heavy (non-hydrogen) atoms.